The molecule has 0 saturated heterocycles. The minimum Gasteiger partial charge on any atom is -0.369 e. The maximum Gasteiger partial charge on any atom is 0.282 e. The summed E-state index contributed by atoms with van der Waals surface area (Å²) < 4.78 is 23.8. The van der Waals surface area contributed by atoms with E-state index in [1.807, 2.05) is 0 Å². The summed E-state index contributed by atoms with van der Waals surface area (Å²) in [5.41, 5.74) is 5.18. The minimum absolute atomic E-state index is 0.0350. The molecule has 5 heteroatoms. The Morgan fingerprint density at radius 3 is 2.40 bits per heavy atom. The molecule has 0 aliphatic rings. The number of nitrogens with two attached hydrogens (primary N) is 1. The number of aromatic nitrogens is 2. The molecule has 0 unspecified atom stereocenters. The van der Waals surface area contributed by atoms with Crippen LogP contribution in [0, 0.1) is 6.92 Å². The van der Waals surface area contributed by atoms with Gasteiger partial charge >= 0.3 is 0 Å². The zero-order valence-electron chi connectivity index (χ0n) is 5.36. The van der Waals surface area contributed by atoms with Crippen LogP contribution in [0.3, 0.4) is 0 Å². The Morgan fingerprint density at radius 2 is 2.20 bits per heavy atom. The maximum absolute atomic E-state index is 11.9. The van der Waals surface area contributed by atoms with Crippen molar-refractivity contribution in [1.29, 1.82) is 0 Å². The first-order valence-electron chi connectivity index (χ1n) is 2.71. The van der Waals surface area contributed by atoms with Gasteiger partial charge in [-0.2, -0.15) is 0 Å². The van der Waals surface area contributed by atoms with Gasteiger partial charge in [0.15, 0.2) is 5.95 Å². The molecule has 0 saturated carbocycles. The van der Waals surface area contributed by atoms with Crippen molar-refractivity contribution in [3.63, 3.8) is 0 Å². The molecule has 3 N–H and O–H groups in total. The molecule has 3 nitrogen and oxygen atoms in total. The Kier molecular flexibility index (Phi) is 1.57. The number of nitrogens with zero attached hydrogens (tertiary/aromatic N) is 1. The number of imidazole rings is 1. The fourth-order valence-electron chi connectivity index (χ4n) is 0.710. The Bertz CT molecular complexity index is 231. The first-order chi connectivity index (χ1) is 4.61. The molecule has 0 spiro atoms. The van der Waals surface area contributed by atoms with Crippen molar-refractivity contribution in [3.8, 4) is 0 Å². The number of hydrogen-bond acceptors (Lipinski definition) is 2. The lowest BCUT2D eigenvalue weighted by atomic mass is 10.4. The van der Waals surface area contributed by atoms with Gasteiger partial charge in [0.2, 0.25) is 0 Å². The van der Waals surface area contributed by atoms with Gasteiger partial charge in [0.05, 0.1) is 0 Å². The molecule has 0 aromatic carbocycles. The highest BCUT2D eigenvalue weighted by atomic mass is 19.3. The van der Waals surface area contributed by atoms with Crippen LogP contribution in [0.2, 0.25) is 0 Å². The van der Waals surface area contributed by atoms with E-state index < -0.39 is 6.43 Å². The average Bonchev–Trinajstić information content (AvgIpc) is 2.10. The summed E-state index contributed by atoms with van der Waals surface area (Å²) in [6.07, 6.45) is -2.55. The highest BCUT2D eigenvalue weighted by Gasteiger charge is 2.14. The smallest absolute Gasteiger partial charge is 0.282 e. The molecule has 0 fully saturated rings. The molecular weight excluding hydrogens is 140 g/mol. The highest BCUT2D eigenvalue weighted by molar-refractivity contribution is 5.25. The van der Waals surface area contributed by atoms with Crippen LogP contribution in [-0.4, -0.2) is 9.97 Å². The number of nitrogen functional groups attached to an aromatic ring is 1. The standard InChI is InChI=1S/C5H7F2N3/c1-2-3(4(6)7)10-5(8)9-2/h4H,1H3,(H3,8,9,10). The zero-order valence-corrected chi connectivity index (χ0v) is 5.36. The monoisotopic (exact) mass is 147 g/mol. The normalized spacial score (nSPS) is 10.8. The van der Waals surface area contributed by atoms with E-state index in [1.165, 1.54) is 6.92 Å². The molecule has 1 rings (SSSR count). The van der Waals surface area contributed by atoms with Gasteiger partial charge in [0, 0.05) is 5.69 Å². The summed E-state index contributed by atoms with van der Waals surface area (Å²) in [5, 5.41) is 0. The fraction of sp³-hybridized carbons (Fsp3) is 0.400. The number of alkyl halides is 2. The van der Waals surface area contributed by atoms with Gasteiger partial charge in [0.25, 0.3) is 6.43 Å². The Morgan fingerprint density at radius 1 is 1.60 bits per heavy atom. The van der Waals surface area contributed by atoms with E-state index >= 15 is 0 Å². The first-order valence-corrected chi connectivity index (χ1v) is 2.71. The van der Waals surface area contributed by atoms with E-state index in [4.69, 9.17) is 5.73 Å². The molecule has 1 aromatic rings. The number of hydrogen-bond donors (Lipinski definition) is 2. The van der Waals surface area contributed by atoms with Crippen LogP contribution in [0.5, 0.6) is 0 Å². The van der Waals surface area contributed by atoms with E-state index in [2.05, 4.69) is 9.97 Å². The molecular formula is C5H7F2N3. The Hall–Kier alpha value is -1.13. The van der Waals surface area contributed by atoms with E-state index in [0.29, 0.717) is 5.69 Å². The predicted octanol–water partition coefficient (Wildman–Crippen LogP) is 1.24. The van der Waals surface area contributed by atoms with Crippen molar-refractivity contribution >= 4 is 5.95 Å². The summed E-state index contributed by atoms with van der Waals surface area (Å²) in [5.74, 6) is 0.0350. The van der Waals surface area contributed by atoms with Crippen LogP contribution in [-0.2, 0) is 0 Å². The van der Waals surface area contributed by atoms with E-state index in [0.717, 1.165) is 0 Å². The predicted molar refractivity (Wildman–Crippen MR) is 32.7 cm³/mol. The molecule has 1 heterocycles. The zero-order chi connectivity index (χ0) is 7.72. The average molecular weight is 147 g/mol. The molecule has 0 aliphatic heterocycles. The highest BCUT2D eigenvalue weighted by Crippen LogP contribution is 2.20. The topological polar surface area (TPSA) is 54.7 Å². The van der Waals surface area contributed by atoms with Crippen molar-refractivity contribution in [3.05, 3.63) is 11.4 Å². The van der Waals surface area contributed by atoms with Gasteiger partial charge < -0.3 is 10.7 Å². The molecule has 0 radical (unpaired) electrons. The lowest BCUT2D eigenvalue weighted by molar-refractivity contribution is 0.146. The number of nitrogens with one attached hydrogen (secondary N) is 1. The third kappa shape index (κ3) is 1.07. The maximum atomic E-state index is 11.9. The second-order valence-electron chi connectivity index (χ2n) is 1.93. The third-order valence-electron chi connectivity index (χ3n) is 1.15. The van der Waals surface area contributed by atoms with Crippen LogP contribution in [0.1, 0.15) is 17.8 Å². The van der Waals surface area contributed by atoms with Crippen molar-refractivity contribution in [2.45, 2.75) is 13.3 Å². The molecule has 1 aromatic heterocycles. The van der Waals surface area contributed by atoms with Crippen molar-refractivity contribution in [2.75, 3.05) is 5.73 Å². The number of aryl methyl sites for hydroxylation is 1. The van der Waals surface area contributed by atoms with Crippen molar-refractivity contribution in [1.82, 2.24) is 9.97 Å². The number of aromatic amines is 1. The molecule has 0 amide bonds. The van der Waals surface area contributed by atoms with Gasteiger partial charge in [-0.3, -0.25) is 0 Å². The van der Waals surface area contributed by atoms with Gasteiger partial charge in [-0.1, -0.05) is 0 Å². The molecule has 56 valence electrons. The number of rotatable bonds is 1. The van der Waals surface area contributed by atoms with Crippen LogP contribution >= 0.6 is 0 Å². The fourth-order valence-corrected chi connectivity index (χ4v) is 0.710. The minimum atomic E-state index is -2.55. The van der Waals surface area contributed by atoms with Crippen molar-refractivity contribution < 1.29 is 8.78 Å². The number of halogens is 2. The van der Waals surface area contributed by atoms with Crippen LogP contribution in [0.4, 0.5) is 14.7 Å². The largest absolute Gasteiger partial charge is 0.369 e. The van der Waals surface area contributed by atoms with E-state index in [-0.39, 0.29) is 11.6 Å². The summed E-state index contributed by atoms with van der Waals surface area (Å²) in [7, 11) is 0. The number of H-pyrrole nitrogens is 1. The van der Waals surface area contributed by atoms with Gasteiger partial charge in [0.1, 0.15) is 5.69 Å². The molecule has 10 heavy (non-hydrogen) atoms. The van der Waals surface area contributed by atoms with Gasteiger partial charge in [-0.25, -0.2) is 13.8 Å². The van der Waals surface area contributed by atoms with Crippen LogP contribution in [0.15, 0.2) is 0 Å². The molecule has 0 bridgehead atoms. The van der Waals surface area contributed by atoms with Crippen LogP contribution in [0.25, 0.3) is 0 Å². The lowest BCUT2D eigenvalue weighted by Gasteiger charge is -1.91. The van der Waals surface area contributed by atoms with Gasteiger partial charge in [-0.05, 0) is 6.92 Å². The summed E-state index contributed by atoms with van der Waals surface area (Å²) in [4.78, 5) is 5.86. The Balaban J connectivity index is 3.03. The third-order valence-corrected chi connectivity index (χ3v) is 1.15. The molecule has 0 aliphatic carbocycles. The second-order valence-corrected chi connectivity index (χ2v) is 1.93. The SMILES string of the molecule is Cc1[nH]c(N)nc1C(F)F. The van der Waals surface area contributed by atoms with E-state index in [1.54, 1.807) is 0 Å². The van der Waals surface area contributed by atoms with Crippen LogP contribution < -0.4 is 5.73 Å². The van der Waals surface area contributed by atoms with E-state index in [9.17, 15) is 8.78 Å². The quantitative estimate of drug-likeness (QED) is 0.627. The number of anilines is 1. The second kappa shape index (κ2) is 2.24. The summed E-state index contributed by atoms with van der Waals surface area (Å²) >= 11 is 0. The summed E-state index contributed by atoms with van der Waals surface area (Å²) in [6, 6.07) is 0. The van der Waals surface area contributed by atoms with Crippen molar-refractivity contribution in [2.24, 2.45) is 0 Å². The lowest BCUT2D eigenvalue weighted by Crippen LogP contribution is -1.88. The first kappa shape index (κ1) is 6.98. The van der Waals surface area contributed by atoms with Gasteiger partial charge in [-0.15, -0.1) is 0 Å². The Labute approximate surface area is 56.3 Å². The molecule has 0 atom stereocenters. The summed E-state index contributed by atoms with van der Waals surface area (Å²) in [6.45, 7) is 1.50.